The van der Waals surface area contributed by atoms with E-state index in [4.69, 9.17) is 4.42 Å². The molecule has 4 N–H and O–H groups in total. The zero-order valence-electron chi connectivity index (χ0n) is 15.5. The lowest BCUT2D eigenvalue weighted by Gasteiger charge is -2.15. The molecule has 1 atom stereocenters. The molecule has 0 radical (unpaired) electrons. The van der Waals surface area contributed by atoms with Crippen LogP contribution in [0.1, 0.15) is 16.7 Å². The number of hydrogen-bond acceptors (Lipinski definition) is 6. The standard InChI is InChI=1S/C21H19NO7/c1-11-17(24)7-6-15-13(10-19(26)29-20(11)15)9-18(25)22-16(21(27)28)8-12-2-4-14(23)5-3-12/h2-7,10,16,23-24H,8-9H2,1H3,(H,22,25)(H,27,28)/t16-/m0/s1. The molecule has 8 nitrogen and oxygen atoms in total. The number of aryl methyl sites for hydroxylation is 1. The Labute approximate surface area is 165 Å². The summed E-state index contributed by atoms with van der Waals surface area (Å²) in [5, 5.41) is 31.5. The predicted octanol–water partition coefficient (Wildman–Crippen LogP) is 1.87. The Hall–Kier alpha value is -3.81. The average molecular weight is 397 g/mol. The van der Waals surface area contributed by atoms with E-state index in [0.29, 0.717) is 22.1 Å². The highest BCUT2D eigenvalue weighted by atomic mass is 16.4. The fourth-order valence-electron chi connectivity index (χ4n) is 3.05. The number of rotatable bonds is 6. The van der Waals surface area contributed by atoms with Gasteiger partial charge in [0.25, 0.3) is 0 Å². The molecule has 0 spiro atoms. The summed E-state index contributed by atoms with van der Waals surface area (Å²) in [4.78, 5) is 35.9. The van der Waals surface area contributed by atoms with E-state index in [1.54, 1.807) is 19.1 Å². The van der Waals surface area contributed by atoms with E-state index in [9.17, 15) is 29.7 Å². The van der Waals surface area contributed by atoms with E-state index in [1.807, 2.05) is 0 Å². The van der Waals surface area contributed by atoms with Crippen LogP contribution in [0, 0.1) is 6.92 Å². The van der Waals surface area contributed by atoms with Gasteiger partial charge in [0.1, 0.15) is 23.1 Å². The van der Waals surface area contributed by atoms with Gasteiger partial charge >= 0.3 is 11.6 Å². The highest BCUT2D eigenvalue weighted by Gasteiger charge is 2.21. The van der Waals surface area contributed by atoms with Gasteiger partial charge in [-0.3, -0.25) is 4.79 Å². The normalized spacial score (nSPS) is 11.9. The number of aromatic hydroxyl groups is 2. The van der Waals surface area contributed by atoms with Gasteiger partial charge in [-0.2, -0.15) is 0 Å². The smallest absolute Gasteiger partial charge is 0.336 e. The second-order valence-electron chi connectivity index (χ2n) is 6.68. The van der Waals surface area contributed by atoms with Crippen LogP contribution < -0.4 is 10.9 Å². The van der Waals surface area contributed by atoms with Crippen LogP contribution in [0.5, 0.6) is 11.5 Å². The molecule has 0 aliphatic rings. The van der Waals surface area contributed by atoms with Gasteiger partial charge in [-0.25, -0.2) is 9.59 Å². The molecule has 0 saturated carbocycles. The van der Waals surface area contributed by atoms with Crippen LogP contribution in [-0.2, 0) is 22.4 Å². The van der Waals surface area contributed by atoms with Crippen molar-refractivity contribution in [3.05, 3.63) is 69.6 Å². The van der Waals surface area contributed by atoms with E-state index in [0.717, 1.165) is 0 Å². The Balaban J connectivity index is 1.82. The fraction of sp³-hybridized carbons (Fsp3) is 0.190. The van der Waals surface area contributed by atoms with Crippen molar-refractivity contribution in [2.24, 2.45) is 0 Å². The van der Waals surface area contributed by atoms with Crippen molar-refractivity contribution < 1.29 is 29.3 Å². The first kappa shape index (κ1) is 19.9. The molecule has 0 fully saturated rings. The summed E-state index contributed by atoms with van der Waals surface area (Å²) in [6.45, 7) is 1.59. The van der Waals surface area contributed by atoms with Crippen molar-refractivity contribution >= 4 is 22.8 Å². The Morgan fingerprint density at radius 3 is 2.45 bits per heavy atom. The van der Waals surface area contributed by atoms with Gasteiger partial charge in [0.15, 0.2) is 0 Å². The molecule has 2 aromatic carbocycles. The van der Waals surface area contributed by atoms with Crippen LogP contribution >= 0.6 is 0 Å². The summed E-state index contributed by atoms with van der Waals surface area (Å²) in [6, 6.07) is 8.98. The zero-order chi connectivity index (χ0) is 21.1. The molecule has 0 bridgehead atoms. The molecule has 0 saturated heterocycles. The van der Waals surface area contributed by atoms with Crippen molar-refractivity contribution in [1.82, 2.24) is 5.32 Å². The first-order valence-electron chi connectivity index (χ1n) is 8.80. The number of nitrogens with one attached hydrogen (secondary N) is 1. The minimum Gasteiger partial charge on any atom is -0.508 e. The third-order valence-electron chi connectivity index (χ3n) is 4.58. The minimum atomic E-state index is -1.20. The van der Waals surface area contributed by atoms with Crippen LogP contribution in [0.2, 0.25) is 0 Å². The molecule has 1 amide bonds. The van der Waals surface area contributed by atoms with Crippen molar-refractivity contribution in [2.45, 2.75) is 25.8 Å². The lowest BCUT2D eigenvalue weighted by atomic mass is 10.0. The van der Waals surface area contributed by atoms with E-state index >= 15 is 0 Å². The number of carboxylic acids is 1. The number of amides is 1. The lowest BCUT2D eigenvalue weighted by Crippen LogP contribution is -2.43. The van der Waals surface area contributed by atoms with Gasteiger partial charge in [0.2, 0.25) is 5.91 Å². The van der Waals surface area contributed by atoms with Gasteiger partial charge in [0, 0.05) is 23.4 Å². The summed E-state index contributed by atoms with van der Waals surface area (Å²) < 4.78 is 5.14. The molecule has 0 aliphatic carbocycles. The summed E-state index contributed by atoms with van der Waals surface area (Å²) in [7, 11) is 0. The number of carboxylic acid groups (broad SMARTS) is 1. The summed E-state index contributed by atoms with van der Waals surface area (Å²) >= 11 is 0. The van der Waals surface area contributed by atoms with Gasteiger partial charge < -0.3 is 25.1 Å². The fourth-order valence-corrected chi connectivity index (χ4v) is 3.05. The number of fused-ring (bicyclic) bond motifs is 1. The molecule has 8 heteroatoms. The largest absolute Gasteiger partial charge is 0.508 e. The van der Waals surface area contributed by atoms with Crippen molar-refractivity contribution in [1.29, 1.82) is 0 Å². The van der Waals surface area contributed by atoms with Crippen LogP contribution in [0.25, 0.3) is 11.0 Å². The molecule has 29 heavy (non-hydrogen) atoms. The number of benzene rings is 2. The van der Waals surface area contributed by atoms with E-state index in [2.05, 4.69) is 5.32 Å². The summed E-state index contributed by atoms with van der Waals surface area (Å²) in [6.07, 6.45) is -0.197. The maximum absolute atomic E-state index is 12.5. The number of carbonyl (C=O) groups is 2. The molecule has 0 aliphatic heterocycles. The Kier molecular flexibility index (Phi) is 5.54. The van der Waals surface area contributed by atoms with Crippen molar-refractivity contribution in [2.75, 3.05) is 0 Å². The maximum Gasteiger partial charge on any atom is 0.336 e. The molecule has 3 aromatic rings. The second kappa shape index (κ2) is 8.05. The third kappa shape index (κ3) is 4.55. The number of phenols is 2. The van der Waals surface area contributed by atoms with Crippen LogP contribution in [0.3, 0.4) is 0 Å². The van der Waals surface area contributed by atoms with Crippen LogP contribution in [0.15, 0.2) is 51.7 Å². The van der Waals surface area contributed by atoms with Crippen LogP contribution in [-0.4, -0.2) is 33.2 Å². The number of phenolic OH excluding ortho intramolecular Hbond substituents is 2. The highest BCUT2D eigenvalue weighted by molar-refractivity contribution is 5.91. The summed E-state index contributed by atoms with van der Waals surface area (Å²) in [5.74, 6) is -1.76. The van der Waals surface area contributed by atoms with Crippen molar-refractivity contribution in [3.63, 3.8) is 0 Å². The maximum atomic E-state index is 12.5. The summed E-state index contributed by atoms with van der Waals surface area (Å²) in [5.41, 5.74) is 0.877. The Morgan fingerprint density at radius 2 is 1.79 bits per heavy atom. The molecule has 150 valence electrons. The Bertz CT molecular complexity index is 1130. The van der Waals surface area contributed by atoms with E-state index in [1.165, 1.54) is 30.3 Å². The van der Waals surface area contributed by atoms with E-state index < -0.39 is 23.5 Å². The van der Waals surface area contributed by atoms with Crippen molar-refractivity contribution in [3.8, 4) is 11.5 Å². The molecule has 3 rings (SSSR count). The molecule has 1 aromatic heterocycles. The molecular formula is C21H19NO7. The molecule has 0 unspecified atom stereocenters. The number of hydrogen-bond donors (Lipinski definition) is 4. The monoisotopic (exact) mass is 397 g/mol. The van der Waals surface area contributed by atoms with Gasteiger partial charge in [-0.15, -0.1) is 0 Å². The second-order valence-corrected chi connectivity index (χ2v) is 6.68. The highest BCUT2D eigenvalue weighted by Crippen LogP contribution is 2.27. The molecule has 1 heterocycles. The quantitative estimate of drug-likeness (QED) is 0.466. The first-order chi connectivity index (χ1) is 13.7. The van der Waals surface area contributed by atoms with Crippen LogP contribution in [0.4, 0.5) is 0 Å². The number of carbonyl (C=O) groups excluding carboxylic acids is 1. The third-order valence-corrected chi connectivity index (χ3v) is 4.58. The lowest BCUT2D eigenvalue weighted by molar-refractivity contribution is -0.141. The first-order valence-corrected chi connectivity index (χ1v) is 8.80. The topological polar surface area (TPSA) is 137 Å². The SMILES string of the molecule is Cc1c(O)ccc2c(CC(=O)N[C@@H](Cc3ccc(O)cc3)C(=O)O)cc(=O)oc12. The minimum absolute atomic E-state index is 0.0337. The van der Waals surface area contributed by atoms with Gasteiger partial charge in [-0.05, 0) is 42.3 Å². The average Bonchev–Trinajstić information content (AvgIpc) is 2.66. The van der Waals surface area contributed by atoms with Gasteiger partial charge in [-0.1, -0.05) is 12.1 Å². The van der Waals surface area contributed by atoms with Gasteiger partial charge in [0.05, 0.1) is 6.42 Å². The Morgan fingerprint density at radius 1 is 1.10 bits per heavy atom. The predicted molar refractivity (Wildman–Crippen MR) is 104 cm³/mol. The van der Waals surface area contributed by atoms with E-state index in [-0.39, 0.29) is 29.9 Å². The number of aliphatic carboxylic acids is 1. The molecular weight excluding hydrogens is 378 g/mol. The zero-order valence-corrected chi connectivity index (χ0v) is 15.5.